The lowest BCUT2D eigenvalue weighted by Crippen LogP contribution is -2.28. The second-order valence-corrected chi connectivity index (χ2v) is 6.77. The van der Waals surface area contributed by atoms with E-state index in [9.17, 15) is 9.90 Å². The molecule has 5 heteroatoms. The van der Waals surface area contributed by atoms with E-state index in [1.165, 1.54) is 6.07 Å². The number of hydrogen-bond donors (Lipinski definition) is 1. The Balaban J connectivity index is 1.55. The van der Waals surface area contributed by atoms with E-state index >= 15 is 0 Å². The summed E-state index contributed by atoms with van der Waals surface area (Å²) in [7, 11) is 0. The lowest BCUT2D eigenvalue weighted by Gasteiger charge is -2.13. The van der Waals surface area contributed by atoms with Gasteiger partial charge < -0.3 is 19.0 Å². The van der Waals surface area contributed by atoms with Crippen LogP contribution in [0.2, 0.25) is 0 Å². The zero-order chi connectivity index (χ0) is 17.3. The van der Waals surface area contributed by atoms with Crippen LogP contribution in [0.1, 0.15) is 27.2 Å². The number of fused-ring (bicyclic) bond motifs is 1. The summed E-state index contributed by atoms with van der Waals surface area (Å²) in [5.74, 6) is 0.651. The van der Waals surface area contributed by atoms with Crippen molar-refractivity contribution in [1.82, 2.24) is 0 Å². The molecule has 0 aliphatic carbocycles. The normalized spacial score (nSPS) is 21.1. The number of benzene rings is 1. The molecule has 3 rings (SSSR count). The number of epoxide rings is 1. The molecule has 2 aromatic rings. The summed E-state index contributed by atoms with van der Waals surface area (Å²) in [5, 5.41) is 10.7. The van der Waals surface area contributed by atoms with Gasteiger partial charge in [-0.25, -0.2) is 4.79 Å². The van der Waals surface area contributed by atoms with Crippen LogP contribution in [-0.2, 0) is 4.74 Å². The Labute approximate surface area is 140 Å². The van der Waals surface area contributed by atoms with Gasteiger partial charge in [-0.1, -0.05) is 5.57 Å². The minimum atomic E-state index is -0.795. The van der Waals surface area contributed by atoms with Gasteiger partial charge in [0, 0.05) is 17.5 Å². The Kier molecular flexibility index (Phi) is 4.47. The Morgan fingerprint density at radius 2 is 2.08 bits per heavy atom. The fraction of sp³-hybridized carbons (Fsp3) is 0.421. The van der Waals surface area contributed by atoms with Crippen molar-refractivity contribution < 1.29 is 19.0 Å². The summed E-state index contributed by atoms with van der Waals surface area (Å²) in [6, 6.07) is 8.55. The van der Waals surface area contributed by atoms with Gasteiger partial charge in [-0.05, 0) is 51.5 Å². The first-order chi connectivity index (χ1) is 11.3. The van der Waals surface area contributed by atoms with Gasteiger partial charge in [-0.3, -0.25) is 0 Å². The van der Waals surface area contributed by atoms with Crippen LogP contribution in [-0.4, -0.2) is 29.5 Å². The van der Waals surface area contributed by atoms with Crippen LogP contribution < -0.4 is 10.4 Å². The standard InChI is InChI=1S/C19H22O5/c1-12(10-16-18(24-16)19(2,3)21)8-9-22-14-6-4-13-5-7-17(20)23-15(13)11-14/h4-8,11,16,18,21H,9-10H2,1-3H3. The van der Waals surface area contributed by atoms with Crippen LogP contribution in [0.25, 0.3) is 11.0 Å². The van der Waals surface area contributed by atoms with Gasteiger partial charge in [0.05, 0.1) is 11.7 Å². The zero-order valence-corrected chi connectivity index (χ0v) is 14.1. The Hall–Kier alpha value is -2.11. The van der Waals surface area contributed by atoms with E-state index in [0.717, 1.165) is 17.4 Å². The lowest BCUT2D eigenvalue weighted by molar-refractivity contribution is 0.0482. The highest BCUT2D eigenvalue weighted by Gasteiger charge is 2.48. The van der Waals surface area contributed by atoms with E-state index in [0.29, 0.717) is 17.9 Å². The molecule has 0 spiro atoms. The second kappa shape index (κ2) is 6.42. The molecule has 128 valence electrons. The van der Waals surface area contributed by atoms with Gasteiger partial charge in [0.15, 0.2) is 0 Å². The molecule has 0 bridgehead atoms. The van der Waals surface area contributed by atoms with Crippen molar-refractivity contribution in [2.24, 2.45) is 0 Å². The molecule has 1 N–H and O–H groups in total. The number of ether oxygens (including phenoxy) is 2. The van der Waals surface area contributed by atoms with E-state index in [4.69, 9.17) is 13.9 Å². The minimum Gasteiger partial charge on any atom is -0.489 e. The molecular formula is C19H22O5. The van der Waals surface area contributed by atoms with Crippen LogP contribution >= 0.6 is 0 Å². The molecule has 0 radical (unpaired) electrons. The average Bonchev–Trinajstić information content (AvgIpc) is 3.26. The molecule has 0 saturated carbocycles. The zero-order valence-electron chi connectivity index (χ0n) is 14.1. The van der Waals surface area contributed by atoms with Crippen molar-refractivity contribution in [3.63, 3.8) is 0 Å². The highest BCUT2D eigenvalue weighted by molar-refractivity contribution is 5.77. The maximum Gasteiger partial charge on any atom is 0.336 e. The third kappa shape index (κ3) is 4.04. The first-order valence-electron chi connectivity index (χ1n) is 8.03. The van der Waals surface area contributed by atoms with Gasteiger partial charge in [0.25, 0.3) is 0 Å². The van der Waals surface area contributed by atoms with Crippen LogP contribution in [0.5, 0.6) is 5.75 Å². The molecular weight excluding hydrogens is 308 g/mol. The predicted octanol–water partition coefficient (Wildman–Crippen LogP) is 3.05. The molecule has 1 aromatic heterocycles. The monoisotopic (exact) mass is 330 g/mol. The molecule has 0 amide bonds. The molecule has 1 aromatic carbocycles. The quantitative estimate of drug-likeness (QED) is 0.501. The average molecular weight is 330 g/mol. The predicted molar refractivity (Wildman–Crippen MR) is 91.3 cm³/mol. The largest absolute Gasteiger partial charge is 0.489 e. The number of rotatable bonds is 6. The van der Waals surface area contributed by atoms with E-state index in [2.05, 4.69) is 0 Å². The van der Waals surface area contributed by atoms with E-state index in [1.807, 2.05) is 25.1 Å². The SMILES string of the molecule is CC(=CCOc1ccc2ccc(=O)oc2c1)CC1OC1C(C)(C)O. The summed E-state index contributed by atoms with van der Waals surface area (Å²) in [6.45, 7) is 5.97. The lowest BCUT2D eigenvalue weighted by atomic mass is 9.99. The first kappa shape index (κ1) is 16.7. The summed E-state index contributed by atoms with van der Waals surface area (Å²) in [5.41, 5.74) is 0.497. The molecule has 1 aliphatic rings. The molecule has 24 heavy (non-hydrogen) atoms. The van der Waals surface area contributed by atoms with Gasteiger partial charge in [0.2, 0.25) is 0 Å². The Morgan fingerprint density at radius 3 is 2.79 bits per heavy atom. The van der Waals surface area contributed by atoms with Crippen LogP contribution in [0.3, 0.4) is 0 Å². The second-order valence-electron chi connectivity index (χ2n) is 6.77. The first-order valence-corrected chi connectivity index (χ1v) is 8.03. The maximum atomic E-state index is 11.3. The Morgan fingerprint density at radius 1 is 1.33 bits per heavy atom. The fourth-order valence-corrected chi connectivity index (χ4v) is 2.73. The summed E-state index contributed by atoms with van der Waals surface area (Å²) in [6.07, 6.45) is 2.76. The van der Waals surface area contributed by atoms with Gasteiger partial charge in [-0.15, -0.1) is 0 Å². The highest BCUT2D eigenvalue weighted by atomic mass is 16.6. The molecule has 1 fully saturated rings. The molecule has 5 nitrogen and oxygen atoms in total. The van der Waals surface area contributed by atoms with Crippen molar-refractivity contribution in [3.05, 3.63) is 52.4 Å². The number of aliphatic hydroxyl groups is 1. The summed E-state index contributed by atoms with van der Waals surface area (Å²) >= 11 is 0. The van der Waals surface area contributed by atoms with Crippen molar-refractivity contribution in [2.75, 3.05) is 6.61 Å². The maximum absolute atomic E-state index is 11.3. The van der Waals surface area contributed by atoms with Crippen molar-refractivity contribution in [3.8, 4) is 5.75 Å². The summed E-state index contributed by atoms with van der Waals surface area (Å²) in [4.78, 5) is 11.3. The molecule has 2 unspecified atom stereocenters. The van der Waals surface area contributed by atoms with E-state index in [-0.39, 0.29) is 17.8 Å². The fourth-order valence-electron chi connectivity index (χ4n) is 2.73. The van der Waals surface area contributed by atoms with Crippen LogP contribution in [0.15, 0.2) is 51.2 Å². The van der Waals surface area contributed by atoms with E-state index < -0.39 is 5.60 Å². The summed E-state index contributed by atoms with van der Waals surface area (Å²) < 4.78 is 16.3. The number of hydrogen-bond acceptors (Lipinski definition) is 5. The third-order valence-corrected chi connectivity index (χ3v) is 4.08. The van der Waals surface area contributed by atoms with Gasteiger partial charge in [-0.2, -0.15) is 0 Å². The van der Waals surface area contributed by atoms with Crippen molar-refractivity contribution in [1.29, 1.82) is 0 Å². The minimum absolute atomic E-state index is 0.0798. The third-order valence-electron chi connectivity index (χ3n) is 4.08. The smallest absolute Gasteiger partial charge is 0.336 e. The topological polar surface area (TPSA) is 72.2 Å². The molecule has 2 heterocycles. The van der Waals surface area contributed by atoms with Crippen LogP contribution in [0.4, 0.5) is 0 Å². The molecule has 1 saturated heterocycles. The van der Waals surface area contributed by atoms with Crippen LogP contribution in [0, 0.1) is 0 Å². The molecule has 1 aliphatic heterocycles. The van der Waals surface area contributed by atoms with Crippen molar-refractivity contribution in [2.45, 2.75) is 45.0 Å². The van der Waals surface area contributed by atoms with E-state index in [1.54, 1.807) is 26.0 Å². The van der Waals surface area contributed by atoms with Gasteiger partial charge >= 0.3 is 5.63 Å². The highest BCUT2D eigenvalue weighted by Crippen LogP contribution is 2.36. The van der Waals surface area contributed by atoms with Gasteiger partial charge in [0.1, 0.15) is 24.0 Å². The van der Waals surface area contributed by atoms with Crippen molar-refractivity contribution >= 4 is 11.0 Å². The molecule has 2 atom stereocenters. The Bertz CT molecular complexity index is 812.